The highest BCUT2D eigenvalue weighted by Crippen LogP contribution is 2.14. The van der Waals surface area contributed by atoms with Gasteiger partial charge in [0.1, 0.15) is 0 Å². The van der Waals surface area contributed by atoms with Crippen molar-refractivity contribution in [1.29, 1.82) is 0 Å². The summed E-state index contributed by atoms with van der Waals surface area (Å²) in [7, 11) is 1.34. The average molecular weight is 285 g/mol. The number of hydrogen-bond acceptors (Lipinski definition) is 7. The first-order valence-corrected chi connectivity index (χ1v) is 6.23. The Balaban J connectivity index is 2.07. The van der Waals surface area contributed by atoms with E-state index in [-0.39, 0.29) is 5.97 Å². The topological polar surface area (TPSA) is 89.0 Å². The van der Waals surface area contributed by atoms with Gasteiger partial charge in [-0.3, -0.25) is 0 Å². The molecule has 0 aliphatic carbocycles. The molecule has 0 atom stereocenters. The monoisotopic (exact) mass is 285 g/mol. The van der Waals surface area contributed by atoms with Gasteiger partial charge in [0.15, 0.2) is 5.82 Å². The summed E-state index contributed by atoms with van der Waals surface area (Å²) in [6.45, 7) is 4.20. The molecule has 108 valence electrons. The summed E-state index contributed by atoms with van der Waals surface area (Å²) in [4.78, 5) is 15.6. The Morgan fingerprint density at radius 3 is 2.81 bits per heavy atom. The third kappa shape index (κ3) is 4.00. The molecular weight excluding hydrogens is 270 g/mol. The van der Waals surface area contributed by atoms with E-state index in [4.69, 9.17) is 0 Å². The summed E-state index contributed by atoms with van der Waals surface area (Å²) in [6.07, 6.45) is 3.25. The van der Waals surface area contributed by atoms with Gasteiger partial charge < -0.3 is 15.4 Å². The van der Waals surface area contributed by atoms with Crippen LogP contribution < -0.4 is 10.6 Å². The quantitative estimate of drug-likeness (QED) is 0.619. The van der Waals surface area contributed by atoms with E-state index in [1.54, 1.807) is 30.3 Å². The van der Waals surface area contributed by atoms with Crippen molar-refractivity contribution >= 4 is 23.4 Å². The fraction of sp³-hybridized carbons (Fsp3) is 0.143. The second-order valence-electron chi connectivity index (χ2n) is 4.03. The molecule has 0 aliphatic heterocycles. The Morgan fingerprint density at radius 1 is 1.38 bits per heavy atom. The van der Waals surface area contributed by atoms with Crippen LogP contribution in [0.4, 0.5) is 17.5 Å². The number of esters is 1. The minimum Gasteiger partial charge on any atom is -0.465 e. The molecule has 0 saturated carbocycles. The second kappa shape index (κ2) is 6.99. The van der Waals surface area contributed by atoms with E-state index >= 15 is 0 Å². The third-order valence-corrected chi connectivity index (χ3v) is 2.55. The minimum atomic E-state index is -0.380. The minimum absolute atomic E-state index is 0.356. The Morgan fingerprint density at radius 2 is 2.14 bits per heavy atom. The van der Waals surface area contributed by atoms with Gasteiger partial charge in [-0.15, -0.1) is 11.7 Å². The van der Waals surface area contributed by atoms with Crippen molar-refractivity contribution in [2.75, 3.05) is 24.3 Å². The maximum atomic E-state index is 11.3. The zero-order chi connectivity index (χ0) is 15.1. The highest BCUT2D eigenvalue weighted by atomic mass is 16.5. The van der Waals surface area contributed by atoms with E-state index in [1.807, 2.05) is 0 Å². The summed E-state index contributed by atoms with van der Waals surface area (Å²) in [5, 5.41) is 13.8. The summed E-state index contributed by atoms with van der Waals surface area (Å²) in [6, 6.07) is 6.78. The van der Waals surface area contributed by atoms with E-state index in [1.165, 1.54) is 13.3 Å². The summed E-state index contributed by atoms with van der Waals surface area (Å²) in [5.74, 6) is 0.573. The van der Waals surface area contributed by atoms with E-state index in [0.29, 0.717) is 23.9 Å². The lowest BCUT2D eigenvalue weighted by Gasteiger charge is -2.07. The fourth-order valence-corrected chi connectivity index (χ4v) is 1.56. The molecule has 0 unspecified atom stereocenters. The Bertz CT molecular complexity index is 628. The number of rotatable bonds is 6. The van der Waals surface area contributed by atoms with Crippen LogP contribution in [-0.4, -0.2) is 34.8 Å². The van der Waals surface area contributed by atoms with Gasteiger partial charge in [0.2, 0.25) is 5.95 Å². The lowest BCUT2D eigenvalue weighted by molar-refractivity contribution is 0.0601. The van der Waals surface area contributed by atoms with Crippen LogP contribution in [0.15, 0.2) is 43.1 Å². The number of carbonyl (C=O) groups is 1. The molecule has 7 nitrogen and oxygen atoms in total. The Labute approximate surface area is 122 Å². The Hall–Kier alpha value is -2.96. The van der Waals surface area contributed by atoms with Crippen LogP contribution in [0.5, 0.6) is 0 Å². The maximum absolute atomic E-state index is 11.3. The van der Waals surface area contributed by atoms with Crippen molar-refractivity contribution in [1.82, 2.24) is 15.2 Å². The molecule has 0 bridgehead atoms. The highest BCUT2D eigenvalue weighted by molar-refractivity contribution is 5.89. The summed E-state index contributed by atoms with van der Waals surface area (Å²) < 4.78 is 4.64. The van der Waals surface area contributed by atoms with Gasteiger partial charge in [0, 0.05) is 12.2 Å². The van der Waals surface area contributed by atoms with Gasteiger partial charge in [-0.05, 0) is 24.3 Å². The van der Waals surface area contributed by atoms with Crippen LogP contribution >= 0.6 is 0 Å². The van der Waals surface area contributed by atoms with Gasteiger partial charge in [-0.2, -0.15) is 10.1 Å². The van der Waals surface area contributed by atoms with Crippen LogP contribution in [0.25, 0.3) is 0 Å². The molecule has 1 aromatic carbocycles. The van der Waals surface area contributed by atoms with Crippen LogP contribution in [-0.2, 0) is 4.74 Å². The first-order valence-electron chi connectivity index (χ1n) is 6.23. The number of methoxy groups -OCH3 is 1. The molecule has 2 aromatic rings. The maximum Gasteiger partial charge on any atom is 0.337 e. The van der Waals surface area contributed by atoms with Crippen molar-refractivity contribution in [3.05, 3.63) is 48.7 Å². The molecule has 0 fully saturated rings. The Kier molecular flexibility index (Phi) is 4.81. The lowest BCUT2D eigenvalue weighted by Crippen LogP contribution is -2.05. The molecule has 1 heterocycles. The van der Waals surface area contributed by atoms with Crippen molar-refractivity contribution in [2.45, 2.75) is 0 Å². The van der Waals surface area contributed by atoms with Gasteiger partial charge in [-0.25, -0.2) is 4.79 Å². The number of hydrogen-bond donors (Lipinski definition) is 2. The lowest BCUT2D eigenvalue weighted by atomic mass is 10.2. The molecule has 0 aliphatic rings. The number of benzene rings is 1. The normalized spacial score (nSPS) is 9.76. The smallest absolute Gasteiger partial charge is 0.337 e. The van der Waals surface area contributed by atoms with E-state index in [0.717, 1.165) is 5.69 Å². The molecule has 0 spiro atoms. The van der Waals surface area contributed by atoms with E-state index < -0.39 is 0 Å². The van der Waals surface area contributed by atoms with E-state index in [2.05, 4.69) is 37.1 Å². The number of aromatic nitrogens is 3. The van der Waals surface area contributed by atoms with Crippen molar-refractivity contribution in [3.63, 3.8) is 0 Å². The first kappa shape index (κ1) is 14.4. The van der Waals surface area contributed by atoms with Crippen LogP contribution in [0.1, 0.15) is 10.4 Å². The highest BCUT2D eigenvalue weighted by Gasteiger charge is 2.05. The zero-order valence-electron chi connectivity index (χ0n) is 11.5. The third-order valence-electron chi connectivity index (χ3n) is 2.55. The largest absolute Gasteiger partial charge is 0.465 e. The fourth-order valence-electron chi connectivity index (χ4n) is 1.56. The summed E-state index contributed by atoms with van der Waals surface area (Å²) >= 11 is 0. The van der Waals surface area contributed by atoms with Crippen molar-refractivity contribution in [2.24, 2.45) is 0 Å². The number of nitrogens with one attached hydrogen (secondary N) is 2. The van der Waals surface area contributed by atoms with Gasteiger partial charge in [-0.1, -0.05) is 6.08 Å². The van der Waals surface area contributed by atoms with Gasteiger partial charge in [0.25, 0.3) is 0 Å². The average Bonchev–Trinajstić information content (AvgIpc) is 2.53. The number of nitrogens with zero attached hydrogens (tertiary/aromatic N) is 3. The molecule has 0 amide bonds. The van der Waals surface area contributed by atoms with Crippen molar-refractivity contribution < 1.29 is 9.53 Å². The standard InChI is InChI=1S/C14H15N5O2/c1-3-8-15-12-9-16-19-14(18-12)17-11-6-4-10(5-7-11)13(20)21-2/h3-7,9H,1,8H2,2H3,(H2,15,17,18,19). The SMILES string of the molecule is C=CCNc1cnnc(Nc2ccc(C(=O)OC)cc2)n1. The molecule has 0 saturated heterocycles. The molecule has 21 heavy (non-hydrogen) atoms. The molecule has 2 N–H and O–H groups in total. The predicted molar refractivity (Wildman–Crippen MR) is 79.6 cm³/mol. The number of anilines is 3. The second-order valence-corrected chi connectivity index (χ2v) is 4.03. The van der Waals surface area contributed by atoms with Gasteiger partial charge in [0.05, 0.1) is 18.9 Å². The molecule has 1 aromatic heterocycles. The van der Waals surface area contributed by atoms with E-state index in [9.17, 15) is 4.79 Å². The molecule has 7 heteroatoms. The number of carbonyl (C=O) groups excluding carboxylic acids is 1. The van der Waals surface area contributed by atoms with Crippen LogP contribution in [0, 0.1) is 0 Å². The molecule has 2 rings (SSSR count). The zero-order valence-corrected chi connectivity index (χ0v) is 11.5. The molecular formula is C14H15N5O2. The number of ether oxygens (including phenoxy) is 1. The predicted octanol–water partition coefficient (Wildman–Crippen LogP) is 2.00. The van der Waals surface area contributed by atoms with Crippen molar-refractivity contribution in [3.8, 4) is 0 Å². The van der Waals surface area contributed by atoms with Gasteiger partial charge >= 0.3 is 5.97 Å². The van der Waals surface area contributed by atoms with Crippen LogP contribution in [0.2, 0.25) is 0 Å². The summed E-state index contributed by atoms with van der Waals surface area (Å²) in [5.41, 5.74) is 1.22. The first-order chi connectivity index (χ1) is 10.2. The molecule has 0 radical (unpaired) electrons. The van der Waals surface area contributed by atoms with Crippen LogP contribution in [0.3, 0.4) is 0 Å².